The van der Waals surface area contributed by atoms with Crippen LogP contribution < -0.4 is 10.2 Å². The number of hydrogen-bond acceptors (Lipinski definition) is 6. The Morgan fingerprint density at radius 1 is 1.15 bits per heavy atom. The number of carbonyl (C=O) groups is 1. The number of rotatable bonds is 4. The van der Waals surface area contributed by atoms with Crippen molar-refractivity contribution < 1.29 is 9.53 Å². The Morgan fingerprint density at radius 2 is 1.96 bits per heavy atom. The normalized spacial score (nSPS) is 18.3. The van der Waals surface area contributed by atoms with Crippen molar-refractivity contribution in [3.63, 3.8) is 0 Å². The number of nitrogens with zero attached hydrogens (tertiary/aromatic N) is 2. The number of ether oxygens (including phenoxy) is 1. The average molecular weight is 402 g/mol. The minimum atomic E-state index is -0.120. The molecule has 0 spiro atoms. The molecule has 0 saturated carbocycles. The van der Waals surface area contributed by atoms with Gasteiger partial charge < -0.3 is 15.0 Å². The summed E-state index contributed by atoms with van der Waals surface area (Å²) in [5.74, 6) is 3.01. The molecule has 4 rings (SSSR count). The molecule has 7 heteroatoms. The molecule has 1 N–H and O–H groups in total. The van der Waals surface area contributed by atoms with Crippen molar-refractivity contribution in [2.45, 2.75) is 11.0 Å². The van der Waals surface area contributed by atoms with Crippen LogP contribution >= 0.6 is 23.5 Å². The van der Waals surface area contributed by atoms with Crippen molar-refractivity contribution >= 4 is 40.9 Å². The summed E-state index contributed by atoms with van der Waals surface area (Å²) >= 11 is 3.97. The molecule has 5 nitrogen and oxygen atoms in total. The number of hydrogen-bond donors (Lipinski definition) is 1. The molecule has 0 bridgehead atoms. The Bertz CT molecular complexity index is 790. The maximum atomic E-state index is 12.9. The third-order valence-electron chi connectivity index (χ3n) is 4.59. The van der Waals surface area contributed by atoms with Crippen LogP contribution in [0.4, 0.5) is 11.5 Å². The fraction of sp³-hybridized carbons (Fsp3) is 0.400. The monoisotopic (exact) mass is 401 g/mol. The molecular weight excluding hydrogens is 378 g/mol. The number of pyridine rings is 1. The van der Waals surface area contributed by atoms with Gasteiger partial charge in [0.2, 0.25) is 0 Å². The van der Waals surface area contributed by atoms with E-state index in [0.717, 1.165) is 24.6 Å². The van der Waals surface area contributed by atoms with Crippen LogP contribution in [-0.4, -0.2) is 48.7 Å². The van der Waals surface area contributed by atoms with E-state index in [2.05, 4.69) is 27.3 Å². The summed E-state index contributed by atoms with van der Waals surface area (Å²) in [6, 6.07) is 11.9. The number of amides is 1. The number of anilines is 2. The number of carbonyl (C=O) groups excluding carboxylic acids is 1. The number of thioether (sulfide) groups is 2. The molecule has 2 saturated heterocycles. The van der Waals surface area contributed by atoms with Gasteiger partial charge in [0.05, 0.1) is 23.4 Å². The largest absolute Gasteiger partial charge is 0.378 e. The molecule has 1 aromatic carbocycles. The van der Waals surface area contributed by atoms with Gasteiger partial charge >= 0.3 is 0 Å². The number of nitrogens with one attached hydrogen (secondary N) is 1. The van der Waals surface area contributed by atoms with Crippen LogP contribution in [0.3, 0.4) is 0 Å². The van der Waals surface area contributed by atoms with Crippen LogP contribution in [0.1, 0.15) is 26.9 Å². The molecule has 3 heterocycles. The van der Waals surface area contributed by atoms with Crippen LogP contribution in [-0.2, 0) is 4.74 Å². The van der Waals surface area contributed by atoms with E-state index in [0.29, 0.717) is 23.4 Å². The molecule has 2 aromatic rings. The highest BCUT2D eigenvalue weighted by Gasteiger charge is 2.21. The second kappa shape index (κ2) is 8.99. The van der Waals surface area contributed by atoms with Crippen molar-refractivity contribution in [3.05, 3.63) is 53.7 Å². The fourth-order valence-corrected chi connectivity index (χ4v) is 6.12. The summed E-state index contributed by atoms with van der Waals surface area (Å²) in [5, 5.41) is 3.06. The second-order valence-electron chi connectivity index (χ2n) is 6.48. The maximum absolute atomic E-state index is 12.9. The van der Waals surface area contributed by atoms with E-state index < -0.39 is 0 Å². The number of morpholine rings is 1. The summed E-state index contributed by atoms with van der Waals surface area (Å²) < 4.78 is 5.87. The van der Waals surface area contributed by atoms with E-state index in [9.17, 15) is 4.79 Å². The average Bonchev–Trinajstić information content (AvgIpc) is 2.75. The molecule has 1 aromatic heterocycles. The second-order valence-corrected chi connectivity index (χ2v) is 9.21. The van der Waals surface area contributed by atoms with Crippen molar-refractivity contribution in [1.29, 1.82) is 0 Å². The predicted molar refractivity (Wildman–Crippen MR) is 114 cm³/mol. The first-order chi connectivity index (χ1) is 13.3. The quantitative estimate of drug-likeness (QED) is 0.835. The van der Waals surface area contributed by atoms with Gasteiger partial charge in [0.25, 0.3) is 5.91 Å². The zero-order valence-corrected chi connectivity index (χ0v) is 16.7. The Kier molecular flexibility index (Phi) is 6.21. The smallest absolute Gasteiger partial charge is 0.259 e. The first-order valence-corrected chi connectivity index (χ1v) is 11.3. The van der Waals surface area contributed by atoms with Gasteiger partial charge in [-0.25, -0.2) is 4.98 Å². The van der Waals surface area contributed by atoms with Crippen LogP contribution in [0.15, 0.2) is 42.6 Å². The Morgan fingerprint density at radius 3 is 2.78 bits per heavy atom. The van der Waals surface area contributed by atoms with Gasteiger partial charge in [-0.3, -0.25) is 4.79 Å². The molecule has 142 valence electrons. The minimum Gasteiger partial charge on any atom is -0.378 e. The molecule has 27 heavy (non-hydrogen) atoms. The van der Waals surface area contributed by atoms with Crippen LogP contribution in [0.25, 0.3) is 0 Å². The molecule has 0 atom stereocenters. The third kappa shape index (κ3) is 4.59. The zero-order chi connectivity index (χ0) is 18.5. The lowest BCUT2D eigenvalue weighted by Gasteiger charge is -2.29. The first-order valence-electron chi connectivity index (χ1n) is 9.23. The van der Waals surface area contributed by atoms with Gasteiger partial charge in [0, 0.05) is 25.0 Å². The van der Waals surface area contributed by atoms with E-state index in [4.69, 9.17) is 4.74 Å². The lowest BCUT2D eigenvalue weighted by Crippen LogP contribution is -2.38. The Hall–Kier alpha value is -1.70. The Labute approximate surface area is 168 Å². The van der Waals surface area contributed by atoms with Gasteiger partial charge in [-0.05, 0) is 47.8 Å². The van der Waals surface area contributed by atoms with E-state index in [1.807, 2.05) is 47.8 Å². The molecule has 2 fully saturated rings. The molecule has 0 aliphatic carbocycles. The summed E-state index contributed by atoms with van der Waals surface area (Å²) in [5.41, 5.74) is 2.70. The van der Waals surface area contributed by atoms with Crippen LogP contribution in [0, 0.1) is 0 Å². The van der Waals surface area contributed by atoms with Crippen LogP contribution in [0.2, 0.25) is 0 Å². The van der Waals surface area contributed by atoms with Crippen molar-refractivity contribution in [3.8, 4) is 0 Å². The summed E-state index contributed by atoms with van der Waals surface area (Å²) in [6.45, 7) is 2.83. The van der Waals surface area contributed by atoms with Crippen molar-refractivity contribution in [2.24, 2.45) is 0 Å². The fourth-order valence-electron chi connectivity index (χ4n) is 3.24. The van der Waals surface area contributed by atoms with Crippen molar-refractivity contribution in [2.75, 3.05) is 48.0 Å². The van der Waals surface area contributed by atoms with E-state index >= 15 is 0 Å². The molecule has 2 aliphatic rings. The SMILES string of the molecule is O=C(Nc1cccc(C2SCCCS2)c1)c1cccnc1N1CCOCC1. The van der Waals surface area contributed by atoms with Gasteiger partial charge in [0.1, 0.15) is 5.82 Å². The van der Waals surface area contributed by atoms with Gasteiger partial charge in [-0.2, -0.15) is 0 Å². The van der Waals surface area contributed by atoms with Gasteiger partial charge in [-0.15, -0.1) is 23.5 Å². The standard InChI is InChI=1S/C20H23N3O2S2/c24-19(17-6-2-7-21-18(17)23-8-10-25-11-9-23)22-16-5-1-4-15(14-16)20-26-12-3-13-27-20/h1-2,4-7,14,20H,3,8-13H2,(H,22,24). The lowest BCUT2D eigenvalue weighted by molar-refractivity contribution is 0.102. The van der Waals surface area contributed by atoms with Gasteiger partial charge in [0.15, 0.2) is 0 Å². The maximum Gasteiger partial charge on any atom is 0.259 e. The Balaban J connectivity index is 1.51. The molecule has 1 amide bonds. The third-order valence-corrected chi connectivity index (χ3v) is 7.60. The number of benzene rings is 1. The summed E-state index contributed by atoms with van der Waals surface area (Å²) in [6.07, 6.45) is 3.01. The molecule has 0 unspecified atom stereocenters. The molecule has 0 radical (unpaired) electrons. The first kappa shape index (κ1) is 18.7. The van der Waals surface area contributed by atoms with E-state index in [-0.39, 0.29) is 5.91 Å². The highest BCUT2D eigenvalue weighted by Crippen LogP contribution is 2.44. The number of aromatic nitrogens is 1. The molecule has 2 aliphatic heterocycles. The summed E-state index contributed by atoms with van der Waals surface area (Å²) in [4.78, 5) is 19.5. The topological polar surface area (TPSA) is 54.5 Å². The predicted octanol–water partition coefficient (Wildman–Crippen LogP) is 4.04. The van der Waals surface area contributed by atoms with E-state index in [1.54, 1.807) is 6.20 Å². The highest BCUT2D eigenvalue weighted by molar-refractivity contribution is 8.16. The molecular formula is C20H23N3O2S2. The minimum absolute atomic E-state index is 0.120. The van der Waals surface area contributed by atoms with E-state index in [1.165, 1.54) is 23.5 Å². The lowest BCUT2D eigenvalue weighted by atomic mass is 10.2. The van der Waals surface area contributed by atoms with Crippen LogP contribution in [0.5, 0.6) is 0 Å². The summed E-state index contributed by atoms with van der Waals surface area (Å²) in [7, 11) is 0. The van der Waals surface area contributed by atoms with Gasteiger partial charge in [-0.1, -0.05) is 12.1 Å². The highest BCUT2D eigenvalue weighted by atomic mass is 32.2. The van der Waals surface area contributed by atoms with Crippen molar-refractivity contribution in [1.82, 2.24) is 4.98 Å². The zero-order valence-electron chi connectivity index (χ0n) is 15.1.